The van der Waals surface area contributed by atoms with Gasteiger partial charge in [0.2, 0.25) is 0 Å². The second kappa shape index (κ2) is 10.9. The normalized spacial score (nSPS) is 15.9. The molecule has 1 saturated heterocycles. The first kappa shape index (κ1) is 25.7. The molecule has 4 aromatic rings. The van der Waals surface area contributed by atoms with Crippen molar-refractivity contribution < 1.29 is 24.1 Å². The fourth-order valence-electron chi connectivity index (χ4n) is 5.05. The summed E-state index contributed by atoms with van der Waals surface area (Å²) >= 11 is 0. The number of methoxy groups -OCH3 is 1. The number of likely N-dealkylation sites (N-methyl/N-ethyl adjacent to an activating group) is 1. The highest BCUT2D eigenvalue weighted by molar-refractivity contribution is 6.22. The van der Waals surface area contributed by atoms with E-state index in [0.29, 0.717) is 39.2 Å². The SMILES string of the molecule is COC(=O)c1ccc2c(C(=Nc3ccc(CN4CCN(C)CC4)cc3)c3ccc4c(c3)OC=CO4)c(O)[nH]c2c1. The van der Waals surface area contributed by atoms with E-state index in [-0.39, 0.29) is 5.88 Å². The Balaban J connectivity index is 1.40. The van der Waals surface area contributed by atoms with Crippen molar-refractivity contribution in [2.45, 2.75) is 6.54 Å². The molecule has 0 saturated carbocycles. The van der Waals surface area contributed by atoms with Crippen LogP contribution >= 0.6 is 0 Å². The van der Waals surface area contributed by atoms with Gasteiger partial charge in [-0.1, -0.05) is 18.2 Å². The van der Waals surface area contributed by atoms with Crippen molar-refractivity contribution in [1.82, 2.24) is 14.8 Å². The number of carbonyl (C=O) groups excluding carboxylic acids is 1. The van der Waals surface area contributed by atoms with E-state index < -0.39 is 5.97 Å². The average Bonchev–Trinajstić information content (AvgIpc) is 3.31. The topological polar surface area (TPSA) is 99.6 Å². The molecule has 6 rings (SSSR count). The minimum Gasteiger partial charge on any atom is -0.494 e. The summed E-state index contributed by atoms with van der Waals surface area (Å²) in [7, 11) is 3.49. The second-order valence-corrected chi connectivity index (χ2v) is 9.98. The first-order chi connectivity index (χ1) is 19.5. The second-order valence-electron chi connectivity index (χ2n) is 9.98. The molecule has 3 aromatic carbocycles. The van der Waals surface area contributed by atoms with Crippen LogP contribution in [0.4, 0.5) is 5.69 Å². The summed E-state index contributed by atoms with van der Waals surface area (Å²) < 4.78 is 16.1. The molecule has 9 heteroatoms. The largest absolute Gasteiger partial charge is 0.494 e. The van der Waals surface area contributed by atoms with Gasteiger partial charge in [0.1, 0.15) is 12.5 Å². The number of piperazine rings is 1. The fraction of sp³-hybridized carbons (Fsp3) is 0.226. The van der Waals surface area contributed by atoms with Gasteiger partial charge >= 0.3 is 5.97 Å². The van der Waals surface area contributed by atoms with Crippen LogP contribution in [0.25, 0.3) is 10.9 Å². The average molecular weight is 539 g/mol. The highest BCUT2D eigenvalue weighted by atomic mass is 16.5. The van der Waals surface area contributed by atoms with Crippen molar-refractivity contribution >= 4 is 28.3 Å². The number of nitrogens with zero attached hydrogens (tertiary/aromatic N) is 3. The maximum atomic E-state index is 12.1. The Morgan fingerprint density at radius 3 is 2.42 bits per heavy atom. The third kappa shape index (κ3) is 5.16. The van der Waals surface area contributed by atoms with Gasteiger partial charge in [-0.25, -0.2) is 9.79 Å². The number of aromatic hydroxyl groups is 1. The van der Waals surface area contributed by atoms with Crippen molar-refractivity contribution in [2.24, 2.45) is 4.99 Å². The molecule has 2 aliphatic heterocycles. The highest BCUT2D eigenvalue weighted by Crippen LogP contribution is 2.36. The van der Waals surface area contributed by atoms with Gasteiger partial charge in [-0.3, -0.25) is 4.90 Å². The van der Waals surface area contributed by atoms with E-state index in [4.69, 9.17) is 19.2 Å². The lowest BCUT2D eigenvalue weighted by Crippen LogP contribution is -2.43. The van der Waals surface area contributed by atoms with Crippen molar-refractivity contribution in [3.63, 3.8) is 0 Å². The van der Waals surface area contributed by atoms with Gasteiger partial charge in [-0.15, -0.1) is 0 Å². The van der Waals surface area contributed by atoms with Crippen LogP contribution in [0, 0.1) is 0 Å². The number of rotatable bonds is 6. The van der Waals surface area contributed by atoms with Crippen LogP contribution < -0.4 is 9.47 Å². The fourth-order valence-corrected chi connectivity index (χ4v) is 5.05. The van der Waals surface area contributed by atoms with Crippen LogP contribution in [-0.4, -0.2) is 71.9 Å². The molecular formula is C31H30N4O5. The molecule has 0 aliphatic carbocycles. The number of H-pyrrole nitrogens is 1. The molecule has 0 atom stereocenters. The Labute approximate surface area is 231 Å². The highest BCUT2D eigenvalue weighted by Gasteiger charge is 2.22. The number of aromatic amines is 1. The number of benzene rings is 3. The van der Waals surface area contributed by atoms with Crippen LogP contribution in [0.15, 0.2) is 78.2 Å². The van der Waals surface area contributed by atoms with Crippen molar-refractivity contribution in [2.75, 3.05) is 40.3 Å². The first-order valence-electron chi connectivity index (χ1n) is 13.1. The summed E-state index contributed by atoms with van der Waals surface area (Å²) in [6.45, 7) is 5.15. The summed E-state index contributed by atoms with van der Waals surface area (Å²) in [5.41, 5.74) is 4.72. The van der Waals surface area contributed by atoms with Gasteiger partial charge in [0.05, 0.1) is 29.6 Å². The Hall–Kier alpha value is -4.60. The van der Waals surface area contributed by atoms with Crippen LogP contribution in [0.1, 0.15) is 27.0 Å². The number of esters is 1. The Bertz CT molecular complexity index is 1610. The van der Waals surface area contributed by atoms with Gasteiger partial charge in [0.15, 0.2) is 17.4 Å². The van der Waals surface area contributed by atoms with Crippen LogP contribution in [0.5, 0.6) is 17.4 Å². The number of ether oxygens (including phenoxy) is 3. The summed E-state index contributed by atoms with van der Waals surface area (Å²) in [5, 5.41) is 11.8. The van der Waals surface area contributed by atoms with E-state index in [2.05, 4.69) is 34.0 Å². The van der Waals surface area contributed by atoms with Crippen LogP contribution in [0.3, 0.4) is 0 Å². The zero-order chi connectivity index (χ0) is 27.6. The van der Waals surface area contributed by atoms with E-state index >= 15 is 0 Å². The number of hydrogen-bond donors (Lipinski definition) is 2. The van der Waals surface area contributed by atoms with Gasteiger partial charge in [-0.05, 0) is 55.1 Å². The molecule has 0 radical (unpaired) electrons. The number of nitrogens with one attached hydrogen (secondary N) is 1. The molecule has 3 heterocycles. The van der Waals surface area contributed by atoms with Crippen molar-refractivity contribution in [1.29, 1.82) is 0 Å². The number of fused-ring (bicyclic) bond motifs is 2. The summed E-state index contributed by atoms with van der Waals surface area (Å²) in [4.78, 5) is 24.9. The van der Waals surface area contributed by atoms with E-state index in [1.165, 1.54) is 25.2 Å². The third-order valence-electron chi connectivity index (χ3n) is 7.28. The van der Waals surface area contributed by atoms with Gasteiger partial charge in [-0.2, -0.15) is 0 Å². The lowest BCUT2D eigenvalue weighted by molar-refractivity contribution is 0.0601. The Kier molecular flexibility index (Phi) is 6.98. The molecule has 1 aromatic heterocycles. The van der Waals surface area contributed by atoms with Crippen LogP contribution in [-0.2, 0) is 11.3 Å². The molecule has 0 amide bonds. The summed E-state index contributed by atoms with van der Waals surface area (Å²) in [6, 6.07) is 18.8. The molecule has 0 bridgehead atoms. The maximum Gasteiger partial charge on any atom is 0.337 e. The van der Waals surface area contributed by atoms with Gasteiger partial charge < -0.3 is 29.2 Å². The smallest absolute Gasteiger partial charge is 0.337 e. The molecule has 2 N–H and O–H groups in total. The predicted molar refractivity (Wildman–Crippen MR) is 153 cm³/mol. The molecule has 0 spiro atoms. The van der Waals surface area contributed by atoms with Gasteiger partial charge in [0, 0.05) is 49.2 Å². The lowest BCUT2D eigenvalue weighted by atomic mass is 9.99. The molecule has 9 nitrogen and oxygen atoms in total. The molecular weight excluding hydrogens is 508 g/mol. The van der Waals surface area contributed by atoms with Crippen molar-refractivity contribution in [3.8, 4) is 17.4 Å². The van der Waals surface area contributed by atoms with E-state index in [1.807, 2.05) is 30.3 Å². The molecule has 2 aliphatic rings. The van der Waals surface area contributed by atoms with Gasteiger partial charge in [0.25, 0.3) is 0 Å². The standard InChI is InChI=1S/C31H30N4O5/c1-34-11-13-35(14-12-34)19-20-3-7-23(8-4-20)32-29(21-6-10-26-27(18-21)40-16-15-39-26)28-24-9-5-22(31(37)38-2)17-25(24)33-30(28)36/h3-10,15-18,33,36H,11-14,19H2,1-2H3. The van der Waals surface area contributed by atoms with E-state index in [0.717, 1.165) is 44.0 Å². The summed E-state index contributed by atoms with van der Waals surface area (Å²) in [5.74, 6) is 0.618. The summed E-state index contributed by atoms with van der Waals surface area (Å²) in [6.07, 6.45) is 2.95. The zero-order valence-electron chi connectivity index (χ0n) is 22.4. The lowest BCUT2D eigenvalue weighted by Gasteiger charge is -2.32. The monoisotopic (exact) mass is 538 g/mol. The third-order valence-corrected chi connectivity index (χ3v) is 7.28. The predicted octanol–water partition coefficient (Wildman–Crippen LogP) is 4.82. The minimum atomic E-state index is -0.456. The number of aromatic nitrogens is 1. The van der Waals surface area contributed by atoms with Crippen molar-refractivity contribution in [3.05, 3.63) is 95.4 Å². The first-order valence-corrected chi connectivity index (χ1v) is 13.1. The maximum absolute atomic E-state index is 12.1. The molecule has 1 fully saturated rings. The molecule has 204 valence electrons. The zero-order valence-corrected chi connectivity index (χ0v) is 22.4. The van der Waals surface area contributed by atoms with E-state index in [9.17, 15) is 9.90 Å². The molecule has 0 unspecified atom stereocenters. The Morgan fingerprint density at radius 2 is 1.68 bits per heavy atom. The van der Waals surface area contributed by atoms with Crippen LogP contribution in [0.2, 0.25) is 0 Å². The quantitative estimate of drug-likeness (QED) is 0.268. The number of hydrogen-bond acceptors (Lipinski definition) is 8. The van der Waals surface area contributed by atoms with E-state index in [1.54, 1.807) is 18.2 Å². The number of carbonyl (C=O) groups is 1. The minimum absolute atomic E-state index is 0.0581. The Morgan fingerprint density at radius 1 is 0.950 bits per heavy atom. The molecule has 40 heavy (non-hydrogen) atoms. The number of aliphatic imine (C=N–C) groups is 1.